The van der Waals surface area contributed by atoms with Crippen LogP contribution in [0.5, 0.6) is 11.5 Å². The summed E-state index contributed by atoms with van der Waals surface area (Å²) in [6, 6.07) is 35.3. The molecule has 7 nitrogen and oxygen atoms in total. The van der Waals surface area contributed by atoms with Crippen molar-refractivity contribution in [3.8, 4) is 11.5 Å². The first-order valence-electron chi connectivity index (χ1n) is 15.2. The fourth-order valence-corrected chi connectivity index (χ4v) is 4.70. The Morgan fingerprint density at radius 3 is 2.19 bits per heavy atom. The Morgan fingerprint density at radius 1 is 0.830 bits per heavy atom. The number of carboxylic acid groups (broad SMARTS) is 1. The summed E-state index contributed by atoms with van der Waals surface area (Å²) in [4.78, 5) is 21.6. The van der Waals surface area contributed by atoms with E-state index in [1.807, 2.05) is 109 Å². The van der Waals surface area contributed by atoms with E-state index < -0.39 is 12.1 Å². The number of hydrogen-bond acceptors (Lipinski definition) is 6. The number of aryl methyl sites for hydroxylation is 1. The summed E-state index contributed by atoms with van der Waals surface area (Å²) in [6.45, 7) is 8.54. The van der Waals surface area contributed by atoms with E-state index in [-0.39, 0.29) is 0 Å². The molecule has 1 atom stereocenters. The van der Waals surface area contributed by atoms with Crippen molar-refractivity contribution in [3.63, 3.8) is 0 Å². The van der Waals surface area contributed by atoms with Crippen molar-refractivity contribution in [2.75, 3.05) is 6.61 Å². The molecule has 0 aliphatic rings. The Kier molecular flexibility index (Phi) is 10.9. The highest BCUT2D eigenvalue weighted by molar-refractivity contribution is 5.97. The minimum absolute atomic E-state index is 0.332. The van der Waals surface area contributed by atoms with Gasteiger partial charge in [-0.25, -0.2) is 9.78 Å². The summed E-state index contributed by atoms with van der Waals surface area (Å²) in [5, 5.41) is 14.2. The molecule has 0 radical (unpaired) electrons. The summed E-state index contributed by atoms with van der Waals surface area (Å²) in [6.07, 6.45) is 5.83. The molecule has 1 N–H and O–H groups in total. The lowest BCUT2D eigenvalue weighted by Gasteiger charge is -2.17. The Hall–Kier alpha value is -5.95. The van der Waals surface area contributed by atoms with Gasteiger partial charge in [-0.3, -0.25) is 0 Å². The lowest BCUT2D eigenvalue weighted by atomic mass is 10.0. The van der Waals surface area contributed by atoms with E-state index in [1.165, 1.54) is 11.6 Å². The number of benzene rings is 4. The normalized spacial score (nSPS) is 12.3. The monoisotopic (exact) mass is 624 g/mol. The molecule has 1 heterocycles. The maximum absolute atomic E-state index is 10.9. The van der Waals surface area contributed by atoms with Gasteiger partial charge in [0.1, 0.15) is 24.7 Å². The number of carboxylic acids is 1. The average Bonchev–Trinajstić information content (AvgIpc) is 3.09. The number of pyridine rings is 1. The highest BCUT2D eigenvalue weighted by atomic mass is 16.6. The number of aliphatic carboxylic acids is 1. The Morgan fingerprint density at radius 2 is 1.49 bits per heavy atom. The average molecular weight is 625 g/mol. The Balaban J connectivity index is 1.26. The van der Waals surface area contributed by atoms with Gasteiger partial charge >= 0.3 is 5.97 Å². The molecule has 0 aliphatic heterocycles. The minimum Gasteiger partial charge on any atom is -0.489 e. The minimum atomic E-state index is -1.06. The van der Waals surface area contributed by atoms with Gasteiger partial charge in [0.25, 0.3) is 0 Å². The third-order valence-electron chi connectivity index (χ3n) is 7.29. The quantitative estimate of drug-likeness (QED) is 0.0574. The molecule has 1 aromatic heterocycles. The van der Waals surface area contributed by atoms with Crippen LogP contribution in [-0.4, -0.2) is 28.4 Å². The summed E-state index contributed by atoms with van der Waals surface area (Å²) >= 11 is 0. The number of fused-ring (bicyclic) bond motifs is 1. The highest BCUT2D eigenvalue weighted by Gasteiger charge is 2.17. The summed E-state index contributed by atoms with van der Waals surface area (Å²) in [5.74, 6) is 0.314. The van der Waals surface area contributed by atoms with Crippen molar-refractivity contribution in [3.05, 3.63) is 168 Å². The first kappa shape index (κ1) is 32.4. The smallest absolute Gasteiger partial charge is 0.328 e. The van der Waals surface area contributed by atoms with Crippen LogP contribution in [0.15, 0.2) is 145 Å². The predicted octanol–water partition coefficient (Wildman–Crippen LogP) is 8.89. The molecule has 0 amide bonds. The molecule has 0 aliphatic carbocycles. The summed E-state index contributed by atoms with van der Waals surface area (Å²) < 4.78 is 12.0. The first-order chi connectivity index (χ1) is 22.8. The lowest BCUT2D eigenvalue weighted by Crippen LogP contribution is -2.05. The van der Waals surface area contributed by atoms with Crippen molar-refractivity contribution >= 4 is 28.7 Å². The van der Waals surface area contributed by atoms with E-state index in [9.17, 15) is 4.79 Å². The van der Waals surface area contributed by atoms with Crippen LogP contribution in [-0.2, 0) is 16.2 Å². The number of aromatic nitrogens is 1. The molecule has 0 saturated heterocycles. The first-order valence-corrected chi connectivity index (χ1v) is 15.2. The van der Waals surface area contributed by atoms with Crippen molar-refractivity contribution in [2.45, 2.75) is 26.6 Å². The number of para-hydroxylation sites is 1. The van der Waals surface area contributed by atoms with Gasteiger partial charge < -0.3 is 19.4 Å². The molecular formula is C40H36N2O5. The molecule has 5 aromatic rings. The van der Waals surface area contributed by atoms with E-state index in [4.69, 9.17) is 19.4 Å². The molecule has 1 unspecified atom stereocenters. The molecule has 4 aromatic carbocycles. The van der Waals surface area contributed by atoms with E-state index in [0.29, 0.717) is 30.4 Å². The van der Waals surface area contributed by atoms with Gasteiger partial charge in [0.2, 0.25) is 0 Å². The SMILES string of the molecule is C=C(/C=C\c1ccccc1C)COc1ccc(C(O/N=C(C)/C=C/C(=O)O)c2ccc(OCc3ccc4ccccc4n3)cc2)cc1. The van der Waals surface area contributed by atoms with Gasteiger partial charge in [-0.15, -0.1) is 0 Å². The van der Waals surface area contributed by atoms with Crippen LogP contribution >= 0.6 is 0 Å². The van der Waals surface area contributed by atoms with E-state index in [0.717, 1.165) is 44.9 Å². The molecule has 236 valence electrons. The van der Waals surface area contributed by atoms with Gasteiger partial charge in [-0.2, -0.15) is 0 Å². The molecule has 47 heavy (non-hydrogen) atoms. The van der Waals surface area contributed by atoms with Crippen molar-refractivity contribution in [1.82, 2.24) is 4.98 Å². The van der Waals surface area contributed by atoms with Crippen LogP contribution in [0, 0.1) is 6.92 Å². The fourth-order valence-electron chi connectivity index (χ4n) is 4.70. The van der Waals surface area contributed by atoms with Gasteiger partial charge in [-0.05, 0) is 84.1 Å². The zero-order chi connectivity index (χ0) is 33.0. The zero-order valence-corrected chi connectivity index (χ0v) is 26.4. The number of allylic oxidation sites excluding steroid dienone is 1. The third kappa shape index (κ3) is 9.52. The maximum atomic E-state index is 10.9. The Bertz CT molecular complexity index is 1930. The standard InChI is InChI=1S/C40H36N2O5/c1-28(12-14-31-9-5-4-8-29(31)2)26-45-36-21-16-33(17-22-36)40(47-42-30(3)13-25-39(43)44)34-18-23-37(24-19-34)46-27-35-20-15-32-10-6-7-11-38(32)41-35/h4-25,40H,1,26-27H2,2-3H3,(H,43,44)/b14-12-,25-13+,42-30+. The fraction of sp³-hybridized carbons (Fsp3) is 0.125. The van der Waals surface area contributed by atoms with Gasteiger partial charge in [0.15, 0.2) is 6.10 Å². The van der Waals surface area contributed by atoms with Crippen LogP contribution in [0.25, 0.3) is 17.0 Å². The number of rotatable bonds is 14. The summed E-state index contributed by atoms with van der Waals surface area (Å²) in [5.41, 5.74) is 7.03. The molecule has 7 heteroatoms. The summed E-state index contributed by atoms with van der Waals surface area (Å²) in [7, 11) is 0. The van der Waals surface area contributed by atoms with Crippen LogP contribution in [0.1, 0.15) is 41.0 Å². The number of oxime groups is 1. The number of carbonyl (C=O) groups is 1. The van der Waals surface area contributed by atoms with Crippen LogP contribution in [0.2, 0.25) is 0 Å². The van der Waals surface area contributed by atoms with E-state index >= 15 is 0 Å². The predicted molar refractivity (Wildman–Crippen MR) is 187 cm³/mol. The molecule has 0 bridgehead atoms. The zero-order valence-electron chi connectivity index (χ0n) is 26.4. The third-order valence-corrected chi connectivity index (χ3v) is 7.29. The molecule has 0 fully saturated rings. The van der Waals surface area contributed by atoms with Crippen molar-refractivity contribution < 1.29 is 24.2 Å². The van der Waals surface area contributed by atoms with E-state index in [2.05, 4.69) is 35.8 Å². The van der Waals surface area contributed by atoms with Crippen LogP contribution in [0.3, 0.4) is 0 Å². The number of hydrogen-bond donors (Lipinski definition) is 1. The molecule has 0 saturated carbocycles. The maximum Gasteiger partial charge on any atom is 0.328 e. The second-order valence-corrected chi connectivity index (χ2v) is 10.9. The molecule has 5 rings (SSSR count). The second-order valence-electron chi connectivity index (χ2n) is 10.9. The van der Waals surface area contributed by atoms with Gasteiger partial charge in [0, 0.05) is 11.5 Å². The van der Waals surface area contributed by atoms with Gasteiger partial charge in [-0.1, -0.05) is 96.7 Å². The van der Waals surface area contributed by atoms with E-state index in [1.54, 1.807) is 6.92 Å². The van der Waals surface area contributed by atoms with Crippen LogP contribution in [0.4, 0.5) is 0 Å². The van der Waals surface area contributed by atoms with Crippen LogP contribution < -0.4 is 9.47 Å². The highest BCUT2D eigenvalue weighted by Crippen LogP contribution is 2.30. The molecule has 0 spiro atoms. The molecular weight excluding hydrogens is 588 g/mol. The Labute approximate surface area is 274 Å². The van der Waals surface area contributed by atoms with Crippen molar-refractivity contribution in [2.24, 2.45) is 5.16 Å². The number of ether oxygens (including phenoxy) is 2. The topological polar surface area (TPSA) is 90.2 Å². The second kappa shape index (κ2) is 15.9. The van der Waals surface area contributed by atoms with Gasteiger partial charge in [0.05, 0.1) is 16.9 Å². The van der Waals surface area contributed by atoms with Crippen molar-refractivity contribution in [1.29, 1.82) is 0 Å². The number of nitrogens with zero attached hydrogens (tertiary/aromatic N) is 2. The lowest BCUT2D eigenvalue weighted by molar-refractivity contribution is -0.131. The largest absolute Gasteiger partial charge is 0.489 e.